The Labute approximate surface area is 220 Å². The molecule has 0 fully saturated rings. The van der Waals surface area contributed by atoms with Gasteiger partial charge in [-0.05, 0) is 42.4 Å². The topological polar surface area (TPSA) is 83.1 Å². The number of hydrogen-bond donors (Lipinski definition) is 4. The van der Waals surface area contributed by atoms with E-state index in [1.165, 1.54) is 36.4 Å². The molecule has 0 saturated heterocycles. The molecule has 1 heterocycles. The number of rotatable bonds is 10. The summed E-state index contributed by atoms with van der Waals surface area (Å²) in [5, 5.41) is 11.8. The Balaban J connectivity index is 0.000000344. The third-order valence-electron chi connectivity index (χ3n) is 4.70. The van der Waals surface area contributed by atoms with Crippen molar-refractivity contribution in [2.45, 2.75) is 19.5 Å². The lowest BCUT2D eigenvalue weighted by molar-refractivity contribution is -0.274. The average Bonchev–Trinajstić information content (AvgIpc) is 2.87. The molecule has 4 N–H and O–H groups in total. The van der Waals surface area contributed by atoms with E-state index in [-0.39, 0.29) is 17.3 Å². The highest BCUT2D eigenvalue weighted by Crippen LogP contribution is 2.33. The molecule has 1 aromatic heterocycles. The molecule has 39 heavy (non-hydrogen) atoms. The number of benzene rings is 2. The number of ether oxygens (including phenoxy) is 1. The van der Waals surface area contributed by atoms with Crippen LogP contribution in [0.2, 0.25) is 0 Å². The molecule has 0 saturated carbocycles. The van der Waals surface area contributed by atoms with Crippen molar-refractivity contribution in [2.75, 3.05) is 42.6 Å². The van der Waals surface area contributed by atoms with Crippen molar-refractivity contribution >= 4 is 29.3 Å². The van der Waals surface area contributed by atoms with Crippen molar-refractivity contribution in [3.8, 4) is 5.75 Å². The highest BCUT2D eigenvalue weighted by atomic mass is 19.4. The molecule has 0 spiro atoms. The minimum Gasteiger partial charge on any atom is -0.406 e. The largest absolute Gasteiger partial charge is 0.573 e. The van der Waals surface area contributed by atoms with Crippen LogP contribution in [-0.2, 0) is 6.18 Å². The lowest BCUT2D eigenvalue weighted by Gasteiger charge is -2.13. The maximum absolute atomic E-state index is 13.4. The average molecular weight is 561 g/mol. The summed E-state index contributed by atoms with van der Waals surface area (Å²) in [6.45, 7) is 7.64. The Kier molecular flexibility index (Phi) is 11.3. The summed E-state index contributed by atoms with van der Waals surface area (Å²) in [7, 11) is 1.63. The molecule has 0 radical (unpaired) electrons. The summed E-state index contributed by atoms with van der Waals surface area (Å²) in [4.78, 5) is 8.36. The monoisotopic (exact) mass is 560 g/mol. The van der Waals surface area contributed by atoms with E-state index in [9.17, 15) is 30.7 Å². The first-order valence-corrected chi connectivity index (χ1v) is 11.5. The van der Waals surface area contributed by atoms with Gasteiger partial charge in [0.1, 0.15) is 23.2 Å². The van der Waals surface area contributed by atoms with Crippen molar-refractivity contribution in [2.24, 2.45) is 0 Å². The molecule has 0 atom stereocenters. The van der Waals surface area contributed by atoms with Crippen LogP contribution < -0.4 is 26.0 Å². The van der Waals surface area contributed by atoms with E-state index >= 15 is 0 Å². The SMILES string of the molecule is C=Cc1ccc(OC(F)(F)F)cc1.CCNCCNc1cc(Nc2ccc(F)c(C(F)(F)F)c2)nc(NC)n1. The first kappa shape index (κ1) is 31.1. The van der Waals surface area contributed by atoms with Crippen molar-refractivity contribution < 1.29 is 35.5 Å². The van der Waals surface area contributed by atoms with Gasteiger partial charge in [0.25, 0.3) is 0 Å². The lowest BCUT2D eigenvalue weighted by Crippen LogP contribution is -2.22. The number of nitrogens with one attached hydrogen (secondary N) is 4. The van der Waals surface area contributed by atoms with Gasteiger partial charge in [0.15, 0.2) is 0 Å². The van der Waals surface area contributed by atoms with Crippen LogP contribution in [0.4, 0.5) is 54.0 Å². The molecule has 0 amide bonds. The molecule has 3 rings (SSSR count). The van der Waals surface area contributed by atoms with Crippen molar-refractivity contribution in [1.82, 2.24) is 15.3 Å². The van der Waals surface area contributed by atoms with Crippen molar-refractivity contribution in [1.29, 1.82) is 0 Å². The van der Waals surface area contributed by atoms with Gasteiger partial charge >= 0.3 is 12.5 Å². The van der Waals surface area contributed by atoms with E-state index in [4.69, 9.17) is 0 Å². The molecule has 3 aromatic rings. The maximum Gasteiger partial charge on any atom is 0.573 e. The molecular formula is C25H27F7N6O. The van der Waals surface area contributed by atoms with Gasteiger partial charge in [-0.15, -0.1) is 13.2 Å². The van der Waals surface area contributed by atoms with Crippen LogP contribution in [0.25, 0.3) is 6.08 Å². The molecule has 14 heteroatoms. The quantitative estimate of drug-likeness (QED) is 0.163. The second kappa shape index (κ2) is 14.2. The summed E-state index contributed by atoms with van der Waals surface area (Å²) in [5.74, 6) is -0.484. The Morgan fingerprint density at radius 3 is 2.15 bits per heavy atom. The number of aromatic nitrogens is 2. The molecule has 0 unspecified atom stereocenters. The van der Waals surface area contributed by atoms with Crippen molar-refractivity contribution in [3.05, 3.63) is 72.1 Å². The number of nitrogens with zero attached hydrogens (tertiary/aromatic N) is 2. The van der Waals surface area contributed by atoms with Crippen LogP contribution in [0, 0.1) is 5.82 Å². The number of likely N-dealkylation sites (N-methyl/N-ethyl adjacent to an activating group) is 1. The fourth-order valence-electron chi connectivity index (χ4n) is 2.94. The van der Waals surface area contributed by atoms with E-state index in [1.807, 2.05) is 6.92 Å². The second-order valence-corrected chi connectivity index (χ2v) is 7.63. The standard InChI is InChI=1S/C16H20F4N6.C9H7F3O/c1-3-22-6-7-23-13-9-14(26-15(21-2)25-13)24-10-4-5-12(17)11(8-10)16(18,19)20;1-2-7-3-5-8(6-4-7)13-9(10,11)12/h4-5,8-9,22H,3,6-7H2,1-2H3,(H3,21,23,24,25,26);2-6H,1H2. The van der Waals surface area contributed by atoms with Gasteiger partial charge in [0.2, 0.25) is 5.95 Å². The number of anilines is 4. The van der Waals surface area contributed by atoms with Crippen LogP contribution in [0.15, 0.2) is 55.1 Å². The predicted octanol–water partition coefficient (Wildman–Crippen LogP) is 6.67. The molecule has 0 aliphatic heterocycles. The van der Waals surface area contributed by atoms with E-state index < -0.39 is 23.9 Å². The van der Waals surface area contributed by atoms with Gasteiger partial charge < -0.3 is 26.0 Å². The molecule has 212 valence electrons. The number of halogens is 7. The molecule has 0 aliphatic rings. The van der Waals surface area contributed by atoms with Gasteiger partial charge in [0.05, 0.1) is 5.56 Å². The van der Waals surface area contributed by atoms with Gasteiger partial charge in [-0.3, -0.25) is 0 Å². The van der Waals surface area contributed by atoms with Crippen LogP contribution in [0.5, 0.6) is 5.75 Å². The maximum atomic E-state index is 13.4. The van der Waals surface area contributed by atoms with Crippen LogP contribution in [0.3, 0.4) is 0 Å². The highest BCUT2D eigenvalue weighted by molar-refractivity contribution is 5.62. The van der Waals surface area contributed by atoms with E-state index in [0.29, 0.717) is 24.4 Å². The Morgan fingerprint density at radius 2 is 1.59 bits per heavy atom. The summed E-state index contributed by atoms with van der Waals surface area (Å²) in [6, 6.07) is 9.71. The zero-order chi connectivity index (χ0) is 29.1. The summed E-state index contributed by atoms with van der Waals surface area (Å²) < 4.78 is 90.6. The van der Waals surface area contributed by atoms with E-state index in [2.05, 4.69) is 42.6 Å². The van der Waals surface area contributed by atoms with Gasteiger partial charge in [0, 0.05) is 31.9 Å². The van der Waals surface area contributed by atoms with Gasteiger partial charge in [-0.1, -0.05) is 31.7 Å². The zero-order valence-electron chi connectivity index (χ0n) is 21.0. The number of alkyl halides is 6. The fraction of sp³-hybridized carbons (Fsp3) is 0.280. The van der Waals surface area contributed by atoms with E-state index in [0.717, 1.165) is 24.7 Å². The molecular weight excluding hydrogens is 533 g/mol. The summed E-state index contributed by atoms with van der Waals surface area (Å²) in [6.07, 6.45) is -7.87. The first-order chi connectivity index (χ1) is 18.3. The zero-order valence-corrected chi connectivity index (χ0v) is 21.0. The Hall–Kier alpha value is -4.07. The fourth-order valence-corrected chi connectivity index (χ4v) is 2.94. The third kappa shape index (κ3) is 11.1. The molecule has 0 aliphatic carbocycles. The second-order valence-electron chi connectivity index (χ2n) is 7.63. The predicted molar refractivity (Wildman–Crippen MR) is 137 cm³/mol. The smallest absolute Gasteiger partial charge is 0.406 e. The minimum absolute atomic E-state index is 0.0677. The van der Waals surface area contributed by atoms with E-state index in [1.54, 1.807) is 13.1 Å². The van der Waals surface area contributed by atoms with Crippen LogP contribution >= 0.6 is 0 Å². The third-order valence-corrected chi connectivity index (χ3v) is 4.70. The lowest BCUT2D eigenvalue weighted by atomic mass is 10.2. The Morgan fingerprint density at radius 1 is 0.923 bits per heavy atom. The van der Waals surface area contributed by atoms with Gasteiger partial charge in [-0.25, -0.2) is 4.39 Å². The summed E-state index contributed by atoms with van der Waals surface area (Å²) >= 11 is 0. The summed E-state index contributed by atoms with van der Waals surface area (Å²) in [5.41, 5.74) is -0.526. The highest BCUT2D eigenvalue weighted by Gasteiger charge is 2.34. The van der Waals surface area contributed by atoms with Crippen LogP contribution in [-0.4, -0.2) is 43.0 Å². The number of hydrogen-bond acceptors (Lipinski definition) is 7. The van der Waals surface area contributed by atoms with Gasteiger partial charge in [-0.2, -0.15) is 23.1 Å². The molecule has 0 bridgehead atoms. The van der Waals surface area contributed by atoms with Crippen molar-refractivity contribution in [3.63, 3.8) is 0 Å². The first-order valence-electron chi connectivity index (χ1n) is 11.5. The normalized spacial score (nSPS) is 11.2. The Bertz CT molecular complexity index is 1200. The molecule has 7 nitrogen and oxygen atoms in total. The minimum atomic E-state index is -4.78. The van der Waals surface area contributed by atoms with Crippen LogP contribution in [0.1, 0.15) is 18.1 Å². The molecule has 2 aromatic carbocycles.